The van der Waals surface area contributed by atoms with Gasteiger partial charge in [0.15, 0.2) is 5.78 Å². The summed E-state index contributed by atoms with van der Waals surface area (Å²) in [4.78, 5) is 28.9. The van der Waals surface area contributed by atoms with Gasteiger partial charge in [-0.1, -0.05) is 38.8 Å². The van der Waals surface area contributed by atoms with Crippen molar-refractivity contribution in [1.29, 1.82) is 0 Å². The van der Waals surface area contributed by atoms with Crippen molar-refractivity contribution in [3.05, 3.63) is 107 Å². The molecule has 1 amide bonds. The second kappa shape index (κ2) is 30.2. The number of benzene rings is 4. The first-order valence-electron chi connectivity index (χ1n) is 32.0. The van der Waals surface area contributed by atoms with Gasteiger partial charge < -0.3 is 59.6 Å². The van der Waals surface area contributed by atoms with Gasteiger partial charge in [0, 0.05) is 109 Å². The summed E-state index contributed by atoms with van der Waals surface area (Å²) in [6.07, 6.45) is 5.59. The van der Waals surface area contributed by atoms with Crippen molar-refractivity contribution in [2.24, 2.45) is 5.41 Å². The van der Waals surface area contributed by atoms with E-state index < -0.39 is 25.4 Å². The Morgan fingerprint density at radius 1 is 0.591 bits per heavy atom. The number of hydrogen-bond acceptors (Lipinski definition) is 12. The number of ketones is 1. The van der Waals surface area contributed by atoms with Crippen LogP contribution in [0.5, 0.6) is 11.5 Å². The number of amides is 1. The molecule has 15 nitrogen and oxygen atoms in total. The van der Waals surface area contributed by atoms with E-state index in [1.165, 1.54) is 62.6 Å². The van der Waals surface area contributed by atoms with Crippen LogP contribution >= 0.6 is 0 Å². The summed E-state index contributed by atoms with van der Waals surface area (Å²) in [5.74, 6) is 12.5. The maximum Gasteiger partial charge on any atom is 0.406 e. The Labute approximate surface area is 543 Å². The zero-order chi connectivity index (χ0) is 63.9. The summed E-state index contributed by atoms with van der Waals surface area (Å²) in [7, 11) is 4.56. The SMILES string of the molecule is C.C.CNC(=O)c1ccc(NCC#Cc2cc3c(NC4CCC(N5CCC6(CCO6)CC5)CC4)cccc3n2CC(F)(F)F)c(OC)c1.COc1cc(C(C)=O)ccc1NCC#Cc1cc2c(NC3CCC(N4CC5(CCOCC5)C4)CC3)cccc2n1CC(F)(F)F. The molecule has 6 aromatic rings. The van der Waals surface area contributed by atoms with Gasteiger partial charge in [-0.3, -0.25) is 14.5 Å². The van der Waals surface area contributed by atoms with Crippen LogP contribution in [0.25, 0.3) is 21.8 Å². The number of ether oxygens (including phenoxy) is 4. The monoisotopic (exact) mass is 1290 g/mol. The number of Topliss-reactive ketones (excluding diaryl/α,β-unsaturated/α-hetero) is 1. The molecule has 2 aromatic heterocycles. The minimum atomic E-state index is -4.40. The summed E-state index contributed by atoms with van der Waals surface area (Å²) in [6.45, 7) is 6.84. The number of anilines is 4. The third-order valence-electron chi connectivity index (χ3n) is 19.5. The van der Waals surface area contributed by atoms with Gasteiger partial charge in [0.05, 0.1) is 73.3 Å². The molecule has 4 aromatic carbocycles. The normalized spacial score (nSPS) is 20.9. The number of hydrogen-bond donors (Lipinski definition) is 5. The van der Waals surface area contributed by atoms with Crippen molar-refractivity contribution in [2.75, 3.05) is 102 Å². The number of halogens is 6. The van der Waals surface area contributed by atoms with Crippen LogP contribution in [-0.2, 0) is 22.6 Å². The Balaban J connectivity index is 0.000000215. The minimum Gasteiger partial charge on any atom is -0.495 e. The Kier molecular flexibility index (Phi) is 22.7. The number of methoxy groups -OCH3 is 2. The van der Waals surface area contributed by atoms with Crippen LogP contribution in [0.2, 0.25) is 0 Å². The molecular formula is C72H91F6N9O6. The van der Waals surface area contributed by atoms with E-state index in [-0.39, 0.29) is 57.3 Å². The molecule has 6 fully saturated rings. The highest BCUT2D eigenvalue weighted by atomic mass is 19.4. The molecule has 6 aliphatic rings. The third kappa shape index (κ3) is 16.9. The van der Waals surface area contributed by atoms with Gasteiger partial charge in [0.25, 0.3) is 5.91 Å². The van der Waals surface area contributed by atoms with E-state index in [0.29, 0.717) is 73.9 Å². The van der Waals surface area contributed by atoms with E-state index in [0.717, 1.165) is 119 Å². The van der Waals surface area contributed by atoms with Gasteiger partial charge in [-0.2, -0.15) is 26.3 Å². The molecule has 0 atom stereocenters. The lowest BCUT2D eigenvalue weighted by molar-refractivity contribution is -0.176. The number of aromatic nitrogens is 2. The van der Waals surface area contributed by atoms with Crippen LogP contribution in [0.3, 0.4) is 0 Å². The van der Waals surface area contributed by atoms with Gasteiger partial charge in [0.2, 0.25) is 0 Å². The third-order valence-corrected chi connectivity index (χ3v) is 19.5. The maximum absolute atomic E-state index is 13.7. The zero-order valence-corrected chi connectivity index (χ0v) is 52.4. The Morgan fingerprint density at radius 2 is 1.05 bits per heavy atom. The smallest absolute Gasteiger partial charge is 0.406 e. The van der Waals surface area contributed by atoms with Crippen molar-refractivity contribution in [1.82, 2.24) is 24.3 Å². The van der Waals surface area contributed by atoms with Gasteiger partial charge >= 0.3 is 12.4 Å². The number of carbonyl (C=O) groups is 2. The number of rotatable bonds is 16. The van der Waals surface area contributed by atoms with Crippen LogP contribution in [0.4, 0.5) is 49.1 Å². The molecule has 21 heteroatoms. The largest absolute Gasteiger partial charge is 0.495 e. The van der Waals surface area contributed by atoms with E-state index in [9.17, 15) is 35.9 Å². The van der Waals surface area contributed by atoms with Crippen LogP contribution in [0.1, 0.15) is 137 Å². The van der Waals surface area contributed by atoms with E-state index >= 15 is 0 Å². The highest BCUT2D eigenvalue weighted by Gasteiger charge is 2.47. The topological polar surface area (TPSA) is 148 Å². The first kappa shape index (κ1) is 69.8. The molecule has 0 radical (unpaired) electrons. The van der Waals surface area contributed by atoms with E-state index in [4.69, 9.17) is 18.9 Å². The fourth-order valence-electron chi connectivity index (χ4n) is 14.3. The molecule has 2 spiro atoms. The lowest BCUT2D eigenvalue weighted by Gasteiger charge is -2.56. The van der Waals surface area contributed by atoms with Gasteiger partial charge in [-0.05, 0) is 175 Å². The van der Waals surface area contributed by atoms with Crippen molar-refractivity contribution < 1.29 is 54.9 Å². The summed E-state index contributed by atoms with van der Waals surface area (Å²) < 4.78 is 107. The average molecular weight is 1290 g/mol. The molecule has 0 unspecified atom stereocenters. The lowest BCUT2D eigenvalue weighted by Crippen LogP contribution is -2.62. The summed E-state index contributed by atoms with van der Waals surface area (Å²) in [5.41, 5.74) is 6.17. The number of nitrogens with zero attached hydrogens (tertiary/aromatic N) is 4. The van der Waals surface area contributed by atoms with Crippen molar-refractivity contribution >= 4 is 56.2 Å². The molecule has 12 rings (SSSR count). The van der Waals surface area contributed by atoms with Crippen LogP contribution in [0, 0.1) is 29.1 Å². The fourth-order valence-corrected chi connectivity index (χ4v) is 14.3. The molecule has 0 bridgehead atoms. The van der Waals surface area contributed by atoms with Crippen molar-refractivity contribution in [2.45, 2.75) is 160 Å². The van der Waals surface area contributed by atoms with Crippen LogP contribution in [0.15, 0.2) is 84.9 Å². The predicted molar refractivity (Wildman–Crippen MR) is 357 cm³/mol. The van der Waals surface area contributed by atoms with Crippen LogP contribution in [-0.4, -0.2) is 153 Å². The molecule has 6 heterocycles. The van der Waals surface area contributed by atoms with E-state index in [2.05, 4.69) is 60.1 Å². The first-order chi connectivity index (χ1) is 43.8. The molecular weight excluding hydrogens is 1200 g/mol. The maximum atomic E-state index is 13.7. The van der Waals surface area contributed by atoms with Gasteiger partial charge in [0.1, 0.15) is 24.6 Å². The molecule has 2 aliphatic carbocycles. The van der Waals surface area contributed by atoms with Gasteiger partial charge in [-0.25, -0.2) is 0 Å². The molecule has 5 N–H and O–H groups in total. The molecule has 2 saturated carbocycles. The zero-order valence-electron chi connectivity index (χ0n) is 52.4. The van der Waals surface area contributed by atoms with Crippen LogP contribution < -0.4 is 36.1 Å². The average Bonchev–Trinajstić information content (AvgIpc) is 1.77. The molecule has 502 valence electrons. The molecule has 4 aliphatic heterocycles. The fraction of sp³-hybridized carbons (Fsp3) is 0.528. The second-order valence-corrected chi connectivity index (χ2v) is 25.3. The summed E-state index contributed by atoms with van der Waals surface area (Å²) in [5, 5.41) is 17.7. The van der Waals surface area contributed by atoms with Crippen molar-refractivity contribution in [3.8, 4) is 35.2 Å². The standard InChI is InChI=1S/C35H42F3N5O3.C35H41F3N4O3.2CH4/c1-39-33(44)24-8-13-30(32(21-24)45-2)40-17-4-5-27-22-28-29(6-3-7-31(28)43(27)23-35(36,37)38)41-25-9-11-26(12-10-25)42-18-14-34(15-19-42)16-20-46-34;1-24(43)25-8-13-31(33(19-25)44-2)39-16-4-5-28-20-29-30(6-3-7-32(29)42(28)23-35(36,37)38)40-26-9-11-27(12-10-26)41-21-34(22-41)14-17-45-18-15-34;;/h3,6-8,13,21-22,25-26,40-41H,9-12,14-20,23H2,1-2H3,(H,39,44);3,6-8,13,19-20,26-27,39-40H,9-12,14-18,21-23H2,1-2H3;2*1H4. The highest BCUT2D eigenvalue weighted by molar-refractivity contribution is 5.97. The minimum absolute atomic E-state index is 0. The number of piperidine rings is 1. The highest BCUT2D eigenvalue weighted by Crippen LogP contribution is 2.44. The number of fused-ring (bicyclic) bond motifs is 2. The predicted octanol–water partition coefficient (Wildman–Crippen LogP) is 14.0. The molecule has 93 heavy (non-hydrogen) atoms. The number of carbonyl (C=O) groups excluding carboxylic acids is 2. The Bertz CT molecular complexity index is 3660. The van der Waals surface area contributed by atoms with E-state index in [1.54, 1.807) is 67.7 Å². The summed E-state index contributed by atoms with van der Waals surface area (Å²) in [6, 6.07) is 26.3. The number of alkyl halides is 6. The lowest BCUT2D eigenvalue weighted by atomic mass is 9.71. The first-order valence-corrected chi connectivity index (χ1v) is 32.0. The Hall–Kier alpha value is -7.56. The van der Waals surface area contributed by atoms with E-state index in [1.807, 2.05) is 24.3 Å². The molecule has 4 saturated heterocycles. The van der Waals surface area contributed by atoms with Crippen molar-refractivity contribution in [3.63, 3.8) is 0 Å². The second-order valence-electron chi connectivity index (χ2n) is 25.3. The number of nitrogens with one attached hydrogen (secondary N) is 5. The Morgan fingerprint density at radius 3 is 1.48 bits per heavy atom. The quantitative estimate of drug-likeness (QED) is 0.0357. The summed E-state index contributed by atoms with van der Waals surface area (Å²) >= 11 is 0. The number of likely N-dealkylation sites (tertiary alicyclic amines) is 2. The van der Waals surface area contributed by atoms with Gasteiger partial charge in [-0.15, -0.1) is 0 Å².